The predicted molar refractivity (Wildman–Crippen MR) is 127 cm³/mol. The summed E-state index contributed by atoms with van der Waals surface area (Å²) in [4.78, 5) is 9.74. The largest absolute Gasteiger partial charge is 0.353 e. The van der Waals surface area contributed by atoms with Gasteiger partial charge in [-0.15, -0.1) is 24.0 Å². The maximum absolute atomic E-state index is 4.58. The van der Waals surface area contributed by atoms with Crippen molar-refractivity contribution < 1.29 is 0 Å². The number of hydrogen-bond donors (Lipinski definition) is 1. The Morgan fingerprint density at radius 1 is 1.15 bits per heavy atom. The van der Waals surface area contributed by atoms with Crippen molar-refractivity contribution in [1.82, 2.24) is 15.1 Å². The van der Waals surface area contributed by atoms with Gasteiger partial charge in [-0.2, -0.15) is 0 Å². The molecule has 1 saturated carbocycles. The van der Waals surface area contributed by atoms with Gasteiger partial charge in [0.05, 0.1) is 0 Å². The van der Waals surface area contributed by atoms with Crippen LogP contribution in [0.4, 0.5) is 0 Å². The lowest BCUT2D eigenvalue weighted by Crippen LogP contribution is -2.42. The van der Waals surface area contributed by atoms with Gasteiger partial charge in [0.2, 0.25) is 0 Å². The molecule has 0 aromatic heterocycles. The number of guanidine groups is 1. The monoisotopic (exact) mass is 546 g/mol. The van der Waals surface area contributed by atoms with E-state index >= 15 is 0 Å². The van der Waals surface area contributed by atoms with Crippen molar-refractivity contribution >= 4 is 45.9 Å². The maximum atomic E-state index is 4.58. The summed E-state index contributed by atoms with van der Waals surface area (Å²) in [5.74, 6) is 2.54. The highest BCUT2D eigenvalue weighted by molar-refractivity contribution is 14.0. The van der Waals surface area contributed by atoms with E-state index in [1.807, 2.05) is 7.05 Å². The second kappa shape index (κ2) is 9.92. The van der Waals surface area contributed by atoms with Crippen LogP contribution in [0, 0.1) is 5.92 Å². The van der Waals surface area contributed by atoms with Crippen molar-refractivity contribution in [2.75, 3.05) is 39.8 Å². The number of aliphatic imine (C=N–C) groups is 1. The van der Waals surface area contributed by atoms with E-state index in [9.17, 15) is 0 Å². The van der Waals surface area contributed by atoms with Gasteiger partial charge in [-0.3, -0.25) is 4.99 Å². The van der Waals surface area contributed by atoms with Crippen molar-refractivity contribution in [2.24, 2.45) is 10.9 Å². The Morgan fingerprint density at radius 3 is 2.59 bits per heavy atom. The summed E-state index contributed by atoms with van der Waals surface area (Å²) < 4.78 is 1.15. The predicted octanol–water partition coefficient (Wildman–Crippen LogP) is 4.31. The zero-order chi connectivity index (χ0) is 17.9. The van der Waals surface area contributed by atoms with Crippen LogP contribution in [0.5, 0.6) is 0 Å². The van der Waals surface area contributed by atoms with Gasteiger partial charge in [0.25, 0.3) is 0 Å². The Morgan fingerprint density at radius 2 is 1.89 bits per heavy atom. The van der Waals surface area contributed by atoms with Crippen LogP contribution < -0.4 is 5.32 Å². The topological polar surface area (TPSA) is 30.9 Å². The highest BCUT2D eigenvalue weighted by Gasteiger charge is 2.40. The molecule has 0 bridgehead atoms. The highest BCUT2D eigenvalue weighted by atomic mass is 127. The normalized spacial score (nSPS) is 28.7. The van der Waals surface area contributed by atoms with E-state index in [0.717, 1.165) is 29.4 Å². The molecule has 3 fully saturated rings. The van der Waals surface area contributed by atoms with Crippen LogP contribution >= 0.6 is 39.9 Å². The number of likely N-dealkylation sites (tertiary alicyclic amines) is 2. The van der Waals surface area contributed by atoms with Gasteiger partial charge >= 0.3 is 0 Å². The molecule has 2 saturated heterocycles. The van der Waals surface area contributed by atoms with E-state index in [4.69, 9.17) is 0 Å². The van der Waals surface area contributed by atoms with Gasteiger partial charge in [0.15, 0.2) is 5.96 Å². The molecule has 4 rings (SSSR count). The van der Waals surface area contributed by atoms with E-state index in [2.05, 4.69) is 60.3 Å². The molecule has 0 amide bonds. The minimum atomic E-state index is 0. The number of nitrogens with zero attached hydrogens (tertiary/aromatic N) is 3. The molecule has 3 aliphatic rings. The van der Waals surface area contributed by atoms with Gasteiger partial charge < -0.3 is 15.1 Å². The number of nitrogens with one attached hydrogen (secondary N) is 1. The summed E-state index contributed by atoms with van der Waals surface area (Å²) in [6, 6.07) is 9.31. The third kappa shape index (κ3) is 5.60. The van der Waals surface area contributed by atoms with Crippen LogP contribution in [0.15, 0.2) is 33.7 Å². The van der Waals surface area contributed by atoms with Crippen LogP contribution in [-0.4, -0.2) is 61.6 Å². The molecule has 1 aliphatic carbocycles. The number of benzene rings is 1. The summed E-state index contributed by atoms with van der Waals surface area (Å²) in [5, 5.41) is 3.72. The smallest absolute Gasteiger partial charge is 0.193 e. The summed E-state index contributed by atoms with van der Waals surface area (Å²) in [7, 11) is 1.93. The van der Waals surface area contributed by atoms with Crippen molar-refractivity contribution in [3.63, 3.8) is 0 Å². The van der Waals surface area contributed by atoms with E-state index in [1.165, 1.54) is 57.3 Å². The fourth-order valence-electron chi connectivity index (χ4n) is 4.58. The molecule has 4 nitrogen and oxygen atoms in total. The Kier molecular flexibility index (Phi) is 7.85. The van der Waals surface area contributed by atoms with Crippen LogP contribution in [-0.2, 0) is 0 Å². The first kappa shape index (κ1) is 21.4. The lowest BCUT2D eigenvalue weighted by atomic mass is 10.1. The summed E-state index contributed by atoms with van der Waals surface area (Å²) in [6.45, 7) is 6.19. The molecule has 1 N–H and O–H groups in total. The molecule has 0 radical (unpaired) electrons. The first-order chi connectivity index (χ1) is 12.7. The summed E-state index contributed by atoms with van der Waals surface area (Å²) in [6.07, 6.45) is 6.71. The second-order valence-corrected chi connectivity index (χ2v) is 9.07. The van der Waals surface area contributed by atoms with Gasteiger partial charge in [0.1, 0.15) is 0 Å². The minimum absolute atomic E-state index is 0. The Bertz CT molecular complexity index is 630. The van der Waals surface area contributed by atoms with Gasteiger partial charge in [-0.25, -0.2) is 0 Å². The summed E-state index contributed by atoms with van der Waals surface area (Å²) >= 11 is 3.52. The third-order valence-corrected chi connectivity index (χ3v) is 6.69. The van der Waals surface area contributed by atoms with Crippen LogP contribution in [0.1, 0.15) is 43.6 Å². The Labute approximate surface area is 189 Å². The first-order valence-corrected chi connectivity index (χ1v) is 11.0. The molecule has 1 aromatic carbocycles. The molecular weight excluding hydrogens is 515 g/mol. The fraction of sp³-hybridized carbons (Fsp3) is 0.667. The second-order valence-electron chi connectivity index (χ2n) is 8.15. The fourth-order valence-corrected chi connectivity index (χ4v) is 4.84. The highest BCUT2D eigenvalue weighted by Crippen LogP contribution is 2.41. The summed E-state index contributed by atoms with van der Waals surface area (Å²) in [5.41, 5.74) is 1.44. The number of rotatable bonds is 4. The average Bonchev–Trinajstić information content (AvgIpc) is 3.29. The number of hydrogen-bond acceptors (Lipinski definition) is 2. The molecule has 3 atom stereocenters. The van der Waals surface area contributed by atoms with Crippen LogP contribution in [0.25, 0.3) is 0 Å². The molecule has 150 valence electrons. The van der Waals surface area contributed by atoms with E-state index in [-0.39, 0.29) is 24.0 Å². The Balaban J connectivity index is 0.00000210. The number of halogens is 2. The van der Waals surface area contributed by atoms with Crippen molar-refractivity contribution in [3.05, 3.63) is 34.3 Å². The van der Waals surface area contributed by atoms with Crippen LogP contribution in [0.3, 0.4) is 0 Å². The quantitative estimate of drug-likeness (QED) is 0.347. The molecular formula is C21H32BrIN4. The zero-order valence-corrected chi connectivity index (χ0v) is 20.2. The zero-order valence-electron chi connectivity index (χ0n) is 16.2. The molecule has 0 spiro atoms. The van der Waals surface area contributed by atoms with Gasteiger partial charge in [0, 0.05) is 43.1 Å². The SMILES string of the molecule is CN=C(NC1CC1c1ccc(Br)cc1)N1CCC(CN2CCCCC2)C1.I. The van der Waals surface area contributed by atoms with Crippen molar-refractivity contribution in [2.45, 2.75) is 44.1 Å². The molecule has 2 heterocycles. The van der Waals surface area contributed by atoms with E-state index in [1.54, 1.807) is 0 Å². The van der Waals surface area contributed by atoms with Crippen molar-refractivity contribution in [3.8, 4) is 0 Å². The van der Waals surface area contributed by atoms with E-state index < -0.39 is 0 Å². The van der Waals surface area contributed by atoms with Crippen molar-refractivity contribution in [1.29, 1.82) is 0 Å². The molecule has 2 aliphatic heterocycles. The van der Waals surface area contributed by atoms with E-state index in [0.29, 0.717) is 12.0 Å². The lowest BCUT2D eigenvalue weighted by Gasteiger charge is -2.29. The average molecular weight is 547 g/mol. The number of piperidine rings is 1. The molecule has 27 heavy (non-hydrogen) atoms. The third-order valence-electron chi connectivity index (χ3n) is 6.17. The van der Waals surface area contributed by atoms with Gasteiger partial charge in [-0.05, 0) is 62.4 Å². The molecule has 1 aromatic rings. The molecule has 3 unspecified atom stereocenters. The minimum Gasteiger partial charge on any atom is -0.353 e. The first-order valence-electron chi connectivity index (χ1n) is 10.2. The van der Waals surface area contributed by atoms with Crippen LogP contribution in [0.2, 0.25) is 0 Å². The Hall–Kier alpha value is -0.340. The van der Waals surface area contributed by atoms with Gasteiger partial charge in [-0.1, -0.05) is 34.5 Å². The standard InChI is InChI=1S/C21H31BrN4.HI/c1-23-21(24-20-13-19(20)17-5-7-18(22)8-6-17)26-12-9-16(15-26)14-25-10-3-2-4-11-25;/h5-8,16,19-20H,2-4,9-15H2,1H3,(H,23,24);1H. The maximum Gasteiger partial charge on any atom is 0.193 e. The molecule has 6 heteroatoms. The lowest BCUT2D eigenvalue weighted by molar-refractivity contribution is 0.198.